The van der Waals surface area contributed by atoms with Gasteiger partial charge in [0.1, 0.15) is 11.6 Å². The van der Waals surface area contributed by atoms with Gasteiger partial charge in [-0.2, -0.15) is 0 Å². The molecule has 0 radical (unpaired) electrons. The van der Waals surface area contributed by atoms with E-state index in [2.05, 4.69) is 24.7 Å². The van der Waals surface area contributed by atoms with Crippen molar-refractivity contribution in [3.8, 4) is 0 Å². The van der Waals surface area contributed by atoms with E-state index in [-0.39, 0.29) is 66.5 Å². The van der Waals surface area contributed by atoms with Crippen molar-refractivity contribution in [2.45, 2.75) is 126 Å². The first-order chi connectivity index (χ1) is 31.8. The summed E-state index contributed by atoms with van der Waals surface area (Å²) in [5, 5.41) is 8.75. The van der Waals surface area contributed by atoms with Crippen molar-refractivity contribution >= 4 is 21.3 Å². The number of hydrogen-bond donors (Lipinski definition) is 2. The smallest absolute Gasteiger partial charge is 0.350 e. The van der Waals surface area contributed by atoms with Gasteiger partial charge in [-0.1, -0.05) is 48.5 Å². The molecule has 8 heterocycles. The van der Waals surface area contributed by atoms with Crippen LogP contribution in [0.1, 0.15) is 62.5 Å². The van der Waals surface area contributed by atoms with E-state index in [1.54, 1.807) is 60.9 Å². The van der Waals surface area contributed by atoms with E-state index in [1.165, 1.54) is 30.3 Å². The van der Waals surface area contributed by atoms with E-state index in [4.69, 9.17) is 15.2 Å². The molecular formula is C47H58F2N10O6S. The van der Waals surface area contributed by atoms with Gasteiger partial charge in [0.15, 0.2) is 11.3 Å². The van der Waals surface area contributed by atoms with Gasteiger partial charge in [0.2, 0.25) is 10.0 Å². The number of benzene rings is 2. The highest BCUT2D eigenvalue weighted by Crippen LogP contribution is 2.38. The minimum Gasteiger partial charge on any atom is -0.373 e. The SMILES string of the molecule is CS(=O)(=O)NC(CN1C2CCC1CC(OCc1ccccc1F)C2)Cn1nc2ccccn2c1=O.NC(CN1C2CCC1CC(OCc1ccccc1F)C2)Cn1nc2ccccn2c1=O. The first-order valence-electron chi connectivity index (χ1n) is 22.9. The van der Waals surface area contributed by atoms with E-state index in [0.717, 1.165) is 64.2 Å². The van der Waals surface area contributed by atoms with E-state index < -0.39 is 16.1 Å². The molecule has 352 valence electrons. The van der Waals surface area contributed by atoms with Gasteiger partial charge in [-0.15, -0.1) is 10.2 Å². The summed E-state index contributed by atoms with van der Waals surface area (Å²) in [5.74, 6) is -0.471. The molecule has 4 bridgehead atoms. The van der Waals surface area contributed by atoms with Gasteiger partial charge in [0.05, 0.1) is 50.8 Å². The number of ether oxygens (including phenoxy) is 2. The summed E-state index contributed by atoms with van der Waals surface area (Å²) < 4.78 is 72.7. The van der Waals surface area contributed by atoms with Crippen molar-refractivity contribution in [2.75, 3.05) is 19.3 Å². The summed E-state index contributed by atoms with van der Waals surface area (Å²) in [6.07, 6.45) is 12.4. The Bertz CT molecular complexity index is 2820. The largest absolute Gasteiger partial charge is 0.373 e. The number of rotatable bonds is 16. The molecule has 4 fully saturated rings. The number of pyridine rings is 2. The zero-order valence-corrected chi connectivity index (χ0v) is 37.8. The minimum atomic E-state index is -3.49. The lowest BCUT2D eigenvalue weighted by atomic mass is 9.99. The normalized spacial score (nSPS) is 24.1. The molecule has 0 amide bonds. The fourth-order valence-electron chi connectivity index (χ4n) is 10.6. The number of nitrogens with two attached hydrogens (primary N) is 1. The molecule has 19 heteroatoms. The highest BCUT2D eigenvalue weighted by molar-refractivity contribution is 7.88. The van der Waals surface area contributed by atoms with Gasteiger partial charge >= 0.3 is 11.4 Å². The zero-order valence-electron chi connectivity index (χ0n) is 37.0. The third kappa shape index (κ3) is 10.7. The molecule has 4 saturated heterocycles. The van der Waals surface area contributed by atoms with Crippen LogP contribution in [0, 0.1) is 11.6 Å². The lowest BCUT2D eigenvalue weighted by molar-refractivity contribution is -0.0310. The summed E-state index contributed by atoms with van der Waals surface area (Å²) in [6.45, 7) is 2.29. The van der Waals surface area contributed by atoms with Crippen molar-refractivity contribution in [3.63, 3.8) is 0 Å². The first kappa shape index (κ1) is 46.0. The second-order valence-corrected chi connectivity index (χ2v) is 20.1. The average Bonchev–Trinajstić information content (AvgIpc) is 3.92. The van der Waals surface area contributed by atoms with Crippen LogP contribution in [0.4, 0.5) is 8.78 Å². The van der Waals surface area contributed by atoms with Crippen LogP contribution in [-0.4, -0.2) is 114 Å². The van der Waals surface area contributed by atoms with Gasteiger partial charge in [-0.25, -0.2) is 40.9 Å². The molecule has 6 aromatic rings. The van der Waals surface area contributed by atoms with Gasteiger partial charge in [0.25, 0.3) is 0 Å². The average molecular weight is 929 g/mol. The van der Waals surface area contributed by atoms with E-state index in [9.17, 15) is 26.8 Å². The Hall–Kier alpha value is -5.15. The molecule has 4 aromatic heterocycles. The highest BCUT2D eigenvalue weighted by Gasteiger charge is 2.43. The molecule has 6 unspecified atom stereocenters. The standard InChI is InChI=1S/C24H30FN5O4S.C23H28FN5O2/c1-35(32,33)27-18(15-30-24(31)28-11-5-4-8-23(28)26-30)14-29-19-9-10-20(29)13-21(12-19)34-16-17-6-2-3-7-22(17)25;24-21-6-2-1-5-16(21)15-31-20-11-18-8-9-19(12-20)28(18)13-17(25)14-29-23(30)27-10-4-3-7-22(27)26-29/h2-8,11,18-21,27H,9-10,12-16H2,1H3;1-7,10,17-20H,8-9,11-15,25H2. The fraction of sp³-hybridized carbons (Fsp3) is 0.489. The van der Waals surface area contributed by atoms with Gasteiger partial charge < -0.3 is 15.2 Å². The molecule has 2 aromatic carbocycles. The number of nitrogens with one attached hydrogen (secondary N) is 1. The number of hydrogen-bond acceptors (Lipinski definition) is 11. The second-order valence-electron chi connectivity index (χ2n) is 18.3. The molecule has 16 nitrogen and oxygen atoms in total. The molecular weight excluding hydrogens is 871 g/mol. The van der Waals surface area contributed by atoms with Gasteiger partial charge in [0, 0.05) is 66.8 Å². The topological polar surface area (TPSA) is 176 Å². The third-order valence-electron chi connectivity index (χ3n) is 13.6. The highest BCUT2D eigenvalue weighted by atomic mass is 32.2. The summed E-state index contributed by atoms with van der Waals surface area (Å²) >= 11 is 0. The molecule has 0 spiro atoms. The molecule has 4 aliphatic rings. The number of piperidine rings is 2. The molecule has 0 saturated carbocycles. The minimum absolute atomic E-state index is 0.0331. The van der Waals surface area contributed by atoms with Crippen LogP contribution >= 0.6 is 0 Å². The van der Waals surface area contributed by atoms with Crippen LogP contribution in [-0.2, 0) is 45.8 Å². The van der Waals surface area contributed by atoms with Gasteiger partial charge in [-0.05, 0) is 87.8 Å². The van der Waals surface area contributed by atoms with Crippen molar-refractivity contribution in [2.24, 2.45) is 5.73 Å². The van der Waals surface area contributed by atoms with Crippen LogP contribution in [0.25, 0.3) is 11.3 Å². The number of halogens is 2. The Morgan fingerprint density at radius 1 is 0.636 bits per heavy atom. The van der Waals surface area contributed by atoms with Crippen LogP contribution in [0.2, 0.25) is 0 Å². The Morgan fingerprint density at radius 3 is 1.50 bits per heavy atom. The fourth-order valence-corrected chi connectivity index (χ4v) is 11.3. The Morgan fingerprint density at radius 2 is 1.06 bits per heavy atom. The maximum atomic E-state index is 14.0. The van der Waals surface area contributed by atoms with E-state index in [1.807, 2.05) is 24.3 Å². The predicted molar refractivity (Wildman–Crippen MR) is 244 cm³/mol. The monoisotopic (exact) mass is 928 g/mol. The quantitative estimate of drug-likeness (QED) is 0.144. The Labute approximate surface area is 382 Å². The lowest BCUT2D eigenvalue weighted by Gasteiger charge is -2.40. The van der Waals surface area contributed by atoms with Crippen molar-refractivity contribution in [1.29, 1.82) is 0 Å². The molecule has 6 atom stereocenters. The molecule has 66 heavy (non-hydrogen) atoms. The number of sulfonamides is 1. The predicted octanol–water partition coefficient (Wildman–Crippen LogP) is 3.94. The maximum absolute atomic E-state index is 14.0. The Kier molecular flexibility index (Phi) is 13.9. The lowest BCUT2D eigenvalue weighted by Crippen LogP contribution is -2.53. The second kappa shape index (κ2) is 20.0. The third-order valence-corrected chi connectivity index (χ3v) is 14.3. The van der Waals surface area contributed by atoms with E-state index >= 15 is 0 Å². The number of nitrogens with zero attached hydrogens (tertiary/aromatic N) is 8. The molecule has 4 aliphatic heterocycles. The maximum Gasteiger partial charge on any atom is 0.350 e. The summed E-state index contributed by atoms with van der Waals surface area (Å²) in [7, 11) is -3.49. The zero-order chi connectivity index (χ0) is 46.0. The summed E-state index contributed by atoms with van der Waals surface area (Å²) in [6, 6.07) is 24.9. The van der Waals surface area contributed by atoms with E-state index in [0.29, 0.717) is 54.2 Å². The van der Waals surface area contributed by atoms with Crippen molar-refractivity contribution in [3.05, 3.63) is 141 Å². The first-order valence-corrected chi connectivity index (χ1v) is 24.8. The van der Waals surface area contributed by atoms with Gasteiger partial charge in [-0.3, -0.25) is 18.6 Å². The van der Waals surface area contributed by atoms with Crippen molar-refractivity contribution in [1.82, 2.24) is 42.9 Å². The summed E-state index contributed by atoms with van der Waals surface area (Å²) in [5.41, 5.74) is 8.29. The van der Waals surface area contributed by atoms with Crippen LogP contribution in [0.5, 0.6) is 0 Å². The number of aromatic nitrogens is 6. The molecule has 10 rings (SSSR count). The van der Waals surface area contributed by atoms with Crippen LogP contribution in [0.15, 0.2) is 107 Å². The number of fused-ring (bicyclic) bond motifs is 6. The van der Waals surface area contributed by atoms with Crippen LogP contribution < -0.4 is 21.8 Å². The van der Waals surface area contributed by atoms with Crippen molar-refractivity contribution < 1.29 is 26.7 Å². The summed E-state index contributed by atoms with van der Waals surface area (Å²) in [4.78, 5) is 30.1. The Balaban J connectivity index is 0.000000167. The molecule has 3 N–H and O–H groups in total. The molecule has 0 aliphatic carbocycles. The van der Waals surface area contributed by atoms with Crippen LogP contribution in [0.3, 0.4) is 0 Å².